The van der Waals surface area contributed by atoms with Crippen LogP contribution in [-0.2, 0) is 14.9 Å². The van der Waals surface area contributed by atoms with Gasteiger partial charge in [-0.15, -0.1) is 0 Å². The lowest BCUT2D eigenvalue weighted by Gasteiger charge is -2.06. The number of rotatable bonds is 11. The summed E-state index contributed by atoms with van der Waals surface area (Å²) in [4.78, 5) is 26.9. The number of nitrogens with two attached hydrogens (primary N) is 1. The van der Waals surface area contributed by atoms with Gasteiger partial charge in [0.25, 0.3) is 16.0 Å². The second kappa shape index (κ2) is 11.7. The van der Waals surface area contributed by atoms with Crippen LogP contribution in [0.4, 0.5) is 5.82 Å². The van der Waals surface area contributed by atoms with Crippen molar-refractivity contribution >= 4 is 34.0 Å². The number of hydrogen-bond donors (Lipinski definition) is 5. The summed E-state index contributed by atoms with van der Waals surface area (Å²) in [5, 5.41) is 6.68. The molecule has 12 heteroatoms. The number of anilines is 1. The third kappa shape index (κ3) is 8.12. The summed E-state index contributed by atoms with van der Waals surface area (Å²) in [6, 6.07) is 8.96. The van der Waals surface area contributed by atoms with E-state index >= 15 is 0 Å². The molecule has 31 heavy (non-hydrogen) atoms. The van der Waals surface area contributed by atoms with Crippen LogP contribution >= 0.6 is 0 Å². The molecule has 2 rings (SSSR count). The molecule has 0 atom stereocenters. The maximum atomic E-state index is 12.1. The molecule has 0 aliphatic rings. The van der Waals surface area contributed by atoms with E-state index in [0.717, 1.165) is 12.8 Å². The Balaban J connectivity index is 1.81. The summed E-state index contributed by atoms with van der Waals surface area (Å²) < 4.78 is 31.9. The van der Waals surface area contributed by atoms with Crippen molar-refractivity contribution in [3.05, 3.63) is 53.7 Å². The Bertz CT molecular complexity index is 1020. The predicted molar refractivity (Wildman–Crippen MR) is 115 cm³/mol. The molecule has 0 saturated heterocycles. The van der Waals surface area contributed by atoms with Gasteiger partial charge < -0.3 is 5.32 Å². The molecule has 0 unspecified atom stereocenters. The van der Waals surface area contributed by atoms with E-state index < -0.39 is 10.1 Å². The van der Waals surface area contributed by atoms with Crippen molar-refractivity contribution in [1.29, 1.82) is 0 Å². The number of carbonyl (C=O) groups excluding carboxylic acids is 2. The van der Waals surface area contributed by atoms with Gasteiger partial charge in [0.2, 0.25) is 5.91 Å². The van der Waals surface area contributed by atoms with Crippen LogP contribution in [0, 0.1) is 0 Å². The number of hydrogen-bond acceptors (Lipinski definition) is 8. The topological polar surface area (TPSA) is 176 Å². The Hall–Kier alpha value is -3.35. The van der Waals surface area contributed by atoms with Gasteiger partial charge >= 0.3 is 0 Å². The van der Waals surface area contributed by atoms with E-state index in [-0.39, 0.29) is 22.3 Å². The SMILES string of the molecule is NNC(=O)CCCCCNC(=O)c1ccc(NN=Cc2ccccc2S(=O)(=O)O)nc1. The van der Waals surface area contributed by atoms with Crippen LogP contribution in [0.3, 0.4) is 0 Å². The molecule has 0 radical (unpaired) electrons. The van der Waals surface area contributed by atoms with E-state index in [4.69, 9.17) is 5.84 Å². The van der Waals surface area contributed by atoms with Gasteiger partial charge in [-0.3, -0.25) is 25.0 Å². The number of nitrogens with one attached hydrogen (secondary N) is 3. The summed E-state index contributed by atoms with van der Waals surface area (Å²) in [6.07, 6.45) is 5.18. The van der Waals surface area contributed by atoms with Crippen LogP contribution in [0.5, 0.6) is 0 Å². The smallest absolute Gasteiger partial charge is 0.295 e. The van der Waals surface area contributed by atoms with E-state index in [9.17, 15) is 22.6 Å². The van der Waals surface area contributed by atoms with Crippen molar-refractivity contribution in [1.82, 2.24) is 15.7 Å². The minimum atomic E-state index is -4.36. The minimum Gasteiger partial charge on any atom is -0.352 e. The van der Waals surface area contributed by atoms with Crippen molar-refractivity contribution in [3.63, 3.8) is 0 Å². The lowest BCUT2D eigenvalue weighted by molar-refractivity contribution is -0.121. The highest BCUT2D eigenvalue weighted by Gasteiger charge is 2.13. The molecule has 0 fully saturated rings. The van der Waals surface area contributed by atoms with Crippen LogP contribution in [0.1, 0.15) is 41.6 Å². The molecule has 0 aliphatic heterocycles. The van der Waals surface area contributed by atoms with Crippen molar-refractivity contribution in [2.24, 2.45) is 10.9 Å². The second-order valence-corrected chi connectivity index (χ2v) is 7.84. The zero-order chi connectivity index (χ0) is 22.7. The van der Waals surface area contributed by atoms with Crippen LogP contribution in [0.2, 0.25) is 0 Å². The highest BCUT2D eigenvalue weighted by atomic mass is 32.2. The summed E-state index contributed by atoms with van der Waals surface area (Å²) in [5.41, 5.74) is 5.27. The fourth-order valence-corrected chi connectivity index (χ4v) is 3.22. The van der Waals surface area contributed by atoms with E-state index in [2.05, 4.69) is 26.3 Å². The first-order chi connectivity index (χ1) is 14.8. The molecule has 0 aliphatic carbocycles. The molecule has 0 saturated carbocycles. The molecule has 1 aromatic carbocycles. The molecule has 1 heterocycles. The van der Waals surface area contributed by atoms with E-state index in [0.29, 0.717) is 30.8 Å². The zero-order valence-corrected chi connectivity index (χ0v) is 17.4. The largest absolute Gasteiger partial charge is 0.352 e. The van der Waals surface area contributed by atoms with Crippen molar-refractivity contribution in [2.45, 2.75) is 30.6 Å². The number of hydrazine groups is 1. The van der Waals surface area contributed by atoms with Crippen LogP contribution in [0.25, 0.3) is 0 Å². The number of unbranched alkanes of at least 4 members (excludes halogenated alkanes) is 2. The molecule has 11 nitrogen and oxygen atoms in total. The first-order valence-electron chi connectivity index (χ1n) is 9.40. The number of nitrogens with zero attached hydrogens (tertiary/aromatic N) is 2. The number of aromatic nitrogens is 1. The Morgan fingerprint density at radius 3 is 2.58 bits per heavy atom. The molecule has 6 N–H and O–H groups in total. The van der Waals surface area contributed by atoms with E-state index in [1.807, 2.05) is 0 Å². The minimum absolute atomic E-state index is 0.206. The maximum Gasteiger partial charge on any atom is 0.295 e. The third-order valence-corrected chi connectivity index (χ3v) is 5.06. The lowest BCUT2D eigenvalue weighted by Crippen LogP contribution is -2.29. The summed E-state index contributed by atoms with van der Waals surface area (Å²) in [5.74, 6) is 4.85. The molecular formula is C19H24N6O5S. The number of carbonyl (C=O) groups is 2. The fourth-order valence-electron chi connectivity index (χ4n) is 2.55. The van der Waals surface area contributed by atoms with Crippen molar-refractivity contribution < 1.29 is 22.6 Å². The number of benzene rings is 1. The highest BCUT2D eigenvalue weighted by molar-refractivity contribution is 7.86. The van der Waals surface area contributed by atoms with Crippen LogP contribution in [-0.4, -0.2) is 42.5 Å². The normalized spacial score (nSPS) is 11.3. The third-order valence-electron chi connectivity index (χ3n) is 4.13. The van der Waals surface area contributed by atoms with Gasteiger partial charge in [-0.05, 0) is 31.0 Å². The quantitative estimate of drug-likeness (QED) is 0.0846. The Kier molecular flexibility index (Phi) is 9.06. The molecular weight excluding hydrogens is 424 g/mol. The highest BCUT2D eigenvalue weighted by Crippen LogP contribution is 2.13. The van der Waals surface area contributed by atoms with Gasteiger partial charge in [0.05, 0.1) is 11.8 Å². The Morgan fingerprint density at radius 2 is 1.90 bits per heavy atom. The standard InChI is InChI=1S/C19H24N6O5S/c20-24-18(26)8-2-1-5-11-21-19(27)15-9-10-17(22-12-15)25-23-13-14-6-3-4-7-16(14)31(28,29)30/h3-4,6-7,9-10,12-13H,1-2,5,8,11,20H2,(H,21,27)(H,22,25)(H,24,26)(H,28,29,30). The average molecular weight is 449 g/mol. The van der Waals surface area contributed by atoms with E-state index in [1.165, 1.54) is 30.6 Å². The molecule has 166 valence electrons. The molecule has 0 spiro atoms. The van der Waals surface area contributed by atoms with Crippen LogP contribution in [0.15, 0.2) is 52.6 Å². The van der Waals surface area contributed by atoms with Crippen molar-refractivity contribution in [3.8, 4) is 0 Å². The summed E-state index contributed by atoms with van der Waals surface area (Å²) in [7, 11) is -4.36. The Labute approximate surface area is 179 Å². The van der Waals surface area contributed by atoms with Gasteiger partial charge in [-0.2, -0.15) is 13.5 Å². The molecule has 0 bridgehead atoms. The average Bonchev–Trinajstić information content (AvgIpc) is 2.76. The van der Waals surface area contributed by atoms with Gasteiger partial charge in [0, 0.05) is 24.7 Å². The van der Waals surface area contributed by atoms with Gasteiger partial charge in [-0.25, -0.2) is 10.8 Å². The Morgan fingerprint density at radius 1 is 1.13 bits per heavy atom. The summed E-state index contributed by atoms with van der Waals surface area (Å²) in [6.45, 7) is 0.473. The first kappa shape index (κ1) is 23.9. The predicted octanol–water partition coefficient (Wildman–Crippen LogP) is 1.05. The molecule has 2 aromatic rings. The lowest BCUT2D eigenvalue weighted by atomic mass is 10.2. The van der Waals surface area contributed by atoms with Crippen LogP contribution < -0.4 is 22.0 Å². The molecule has 1 aromatic heterocycles. The number of hydrazone groups is 1. The molecule has 2 amide bonds. The second-order valence-electron chi connectivity index (χ2n) is 6.45. The number of pyridine rings is 1. The van der Waals surface area contributed by atoms with Crippen molar-refractivity contribution in [2.75, 3.05) is 12.0 Å². The van der Waals surface area contributed by atoms with E-state index in [1.54, 1.807) is 18.2 Å². The monoisotopic (exact) mass is 448 g/mol. The summed E-state index contributed by atoms with van der Waals surface area (Å²) >= 11 is 0. The number of amides is 2. The fraction of sp³-hybridized carbons (Fsp3) is 0.263. The van der Waals surface area contributed by atoms with Gasteiger partial charge in [0.1, 0.15) is 10.7 Å². The van der Waals surface area contributed by atoms with Gasteiger partial charge in [0.15, 0.2) is 0 Å². The zero-order valence-electron chi connectivity index (χ0n) is 16.6. The first-order valence-corrected chi connectivity index (χ1v) is 10.8. The maximum absolute atomic E-state index is 12.1. The van der Waals surface area contributed by atoms with Gasteiger partial charge in [-0.1, -0.05) is 24.6 Å².